The Morgan fingerprint density at radius 3 is 2.68 bits per heavy atom. The number of amides is 1. The van der Waals surface area contributed by atoms with E-state index in [4.69, 9.17) is 15.0 Å². The lowest BCUT2D eigenvalue weighted by Gasteiger charge is -2.08. The van der Waals surface area contributed by atoms with Gasteiger partial charge in [0.2, 0.25) is 0 Å². The largest absolute Gasteiger partial charge is 0.483 e. The van der Waals surface area contributed by atoms with E-state index in [9.17, 15) is 4.79 Å². The number of hydrazine groups is 1. The number of halogens is 2. The van der Waals surface area contributed by atoms with E-state index in [0.717, 1.165) is 8.95 Å². The minimum absolute atomic E-state index is 0.207. The molecule has 0 aliphatic carbocycles. The quantitative estimate of drug-likeness (QED) is 0.478. The Balaban J connectivity index is 2.07. The SMILES string of the molecule is NNC(=O)c1coc(COc2c(Br)cccc2Br)c1. The maximum Gasteiger partial charge on any atom is 0.268 e. The number of rotatable bonds is 4. The number of para-hydroxylation sites is 1. The van der Waals surface area contributed by atoms with Crippen molar-refractivity contribution in [1.82, 2.24) is 5.43 Å². The highest BCUT2D eigenvalue weighted by Crippen LogP contribution is 2.33. The molecule has 0 saturated carbocycles. The summed E-state index contributed by atoms with van der Waals surface area (Å²) in [5, 5.41) is 0. The summed E-state index contributed by atoms with van der Waals surface area (Å²) < 4.78 is 12.5. The molecule has 100 valence electrons. The number of nitrogens with one attached hydrogen (secondary N) is 1. The zero-order valence-electron chi connectivity index (χ0n) is 9.65. The van der Waals surface area contributed by atoms with Gasteiger partial charge in [-0.05, 0) is 50.1 Å². The minimum atomic E-state index is -0.405. The van der Waals surface area contributed by atoms with Crippen molar-refractivity contribution in [3.8, 4) is 5.75 Å². The lowest BCUT2D eigenvalue weighted by Crippen LogP contribution is -2.29. The van der Waals surface area contributed by atoms with Crippen molar-refractivity contribution in [3.05, 3.63) is 50.8 Å². The molecule has 0 spiro atoms. The lowest BCUT2D eigenvalue weighted by atomic mass is 10.3. The Morgan fingerprint density at radius 2 is 2.05 bits per heavy atom. The van der Waals surface area contributed by atoms with E-state index in [1.807, 2.05) is 23.6 Å². The molecular weight excluding hydrogens is 380 g/mol. The van der Waals surface area contributed by atoms with Crippen LogP contribution in [-0.2, 0) is 6.61 Å². The number of benzene rings is 1. The van der Waals surface area contributed by atoms with Crippen molar-refractivity contribution < 1.29 is 13.9 Å². The van der Waals surface area contributed by atoms with E-state index < -0.39 is 5.91 Å². The van der Waals surface area contributed by atoms with E-state index in [1.165, 1.54) is 6.26 Å². The van der Waals surface area contributed by atoms with E-state index in [1.54, 1.807) is 6.07 Å². The fourth-order valence-corrected chi connectivity index (χ4v) is 2.65. The van der Waals surface area contributed by atoms with Gasteiger partial charge in [-0.3, -0.25) is 10.2 Å². The first-order chi connectivity index (χ1) is 9.11. The van der Waals surface area contributed by atoms with Gasteiger partial charge in [-0.1, -0.05) is 6.07 Å². The predicted octanol–water partition coefficient (Wildman–Crippen LogP) is 2.99. The van der Waals surface area contributed by atoms with E-state index in [2.05, 4.69) is 31.9 Å². The zero-order chi connectivity index (χ0) is 13.8. The van der Waals surface area contributed by atoms with Crippen molar-refractivity contribution in [1.29, 1.82) is 0 Å². The third kappa shape index (κ3) is 3.37. The van der Waals surface area contributed by atoms with Crippen molar-refractivity contribution in [2.24, 2.45) is 5.84 Å². The molecule has 5 nitrogen and oxygen atoms in total. The first kappa shape index (κ1) is 14.1. The molecule has 1 aromatic heterocycles. The molecule has 0 saturated heterocycles. The first-order valence-corrected chi connectivity index (χ1v) is 6.85. The van der Waals surface area contributed by atoms with Crippen LogP contribution in [0.25, 0.3) is 0 Å². The van der Waals surface area contributed by atoms with Gasteiger partial charge in [0, 0.05) is 0 Å². The summed E-state index contributed by atoms with van der Waals surface area (Å²) in [6.45, 7) is 0.207. The van der Waals surface area contributed by atoms with Gasteiger partial charge < -0.3 is 9.15 Å². The van der Waals surface area contributed by atoms with Gasteiger partial charge >= 0.3 is 0 Å². The number of nitrogens with two attached hydrogens (primary N) is 1. The standard InChI is InChI=1S/C12H10Br2N2O3/c13-9-2-1-3-10(14)11(9)19-6-8-4-7(5-18-8)12(17)16-15/h1-5H,6,15H2,(H,16,17). The van der Waals surface area contributed by atoms with Crippen LogP contribution in [0.5, 0.6) is 5.75 Å². The Hall–Kier alpha value is -1.31. The molecule has 1 aromatic carbocycles. The molecular formula is C12H10Br2N2O3. The lowest BCUT2D eigenvalue weighted by molar-refractivity contribution is 0.0953. The zero-order valence-corrected chi connectivity index (χ0v) is 12.8. The van der Waals surface area contributed by atoms with Gasteiger partial charge in [0.05, 0.1) is 14.5 Å². The van der Waals surface area contributed by atoms with Crippen LogP contribution < -0.4 is 16.0 Å². The smallest absolute Gasteiger partial charge is 0.268 e. The number of carbonyl (C=O) groups excluding carboxylic acids is 1. The number of nitrogen functional groups attached to an aromatic ring is 1. The Kier molecular flexibility index (Phi) is 4.62. The van der Waals surface area contributed by atoms with Crippen molar-refractivity contribution in [2.45, 2.75) is 6.61 Å². The Bertz CT molecular complexity index is 578. The van der Waals surface area contributed by atoms with Crippen LogP contribution in [-0.4, -0.2) is 5.91 Å². The average Bonchev–Trinajstić information content (AvgIpc) is 2.86. The molecule has 0 fully saturated rings. The Labute approximate surface area is 126 Å². The average molecular weight is 390 g/mol. The van der Waals surface area contributed by atoms with Crippen LogP contribution in [0.1, 0.15) is 16.1 Å². The maximum absolute atomic E-state index is 11.3. The van der Waals surface area contributed by atoms with Gasteiger partial charge in [-0.2, -0.15) is 0 Å². The molecule has 0 unspecified atom stereocenters. The van der Waals surface area contributed by atoms with Gasteiger partial charge in [0.15, 0.2) is 0 Å². The second-order valence-electron chi connectivity index (χ2n) is 3.61. The summed E-state index contributed by atoms with van der Waals surface area (Å²) >= 11 is 6.79. The number of ether oxygens (including phenoxy) is 1. The van der Waals surface area contributed by atoms with Crippen molar-refractivity contribution in [2.75, 3.05) is 0 Å². The minimum Gasteiger partial charge on any atom is -0.483 e. The molecule has 2 aromatic rings. The van der Waals surface area contributed by atoms with Crippen LogP contribution in [0.3, 0.4) is 0 Å². The van der Waals surface area contributed by atoms with Crippen molar-refractivity contribution >= 4 is 37.8 Å². The molecule has 0 bridgehead atoms. The van der Waals surface area contributed by atoms with Crippen LogP contribution in [0, 0.1) is 0 Å². The number of hydrogen-bond donors (Lipinski definition) is 2. The van der Waals surface area contributed by atoms with Crippen LogP contribution in [0.15, 0.2) is 43.9 Å². The van der Waals surface area contributed by atoms with Gasteiger partial charge in [0.25, 0.3) is 5.91 Å². The van der Waals surface area contributed by atoms with Crippen LogP contribution in [0.4, 0.5) is 0 Å². The van der Waals surface area contributed by atoms with Crippen LogP contribution in [0.2, 0.25) is 0 Å². The predicted molar refractivity (Wildman–Crippen MR) is 76.5 cm³/mol. The molecule has 0 atom stereocenters. The second-order valence-corrected chi connectivity index (χ2v) is 5.32. The molecule has 1 amide bonds. The molecule has 7 heteroatoms. The Morgan fingerprint density at radius 1 is 1.37 bits per heavy atom. The van der Waals surface area contributed by atoms with E-state index in [-0.39, 0.29) is 6.61 Å². The summed E-state index contributed by atoms with van der Waals surface area (Å²) in [5.41, 5.74) is 2.39. The molecule has 0 radical (unpaired) electrons. The summed E-state index contributed by atoms with van der Waals surface area (Å²) in [6.07, 6.45) is 1.33. The number of hydrogen-bond acceptors (Lipinski definition) is 4. The normalized spacial score (nSPS) is 10.3. The highest BCUT2D eigenvalue weighted by atomic mass is 79.9. The molecule has 3 N–H and O–H groups in total. The summed E-state index contributed by atoms with van der Waals surface area (Å²) in [5.74, 6) is 5.83. The number of carbonyl (C=O) groups is 1. The maximum atomic E-state index is 11.3. The third-order valence-electron chi connectivity index (χ3n) is 2.32. The molecule has 0 aliphatic rings. The number of furan rings is 1. The fraction of sp³-hybridized carbons (Fsp3) is 0.0833. The highest BCUT2D eigenvalue weighted by molar-refractivity contribution is 9.11. The molecule has 19 heavy (non-hydrogen) atoms. The fourth-order valence-electron chi connectivity index (χ4n) is 1.42. The van der Waals surface area contributed by atoms with E-state index >= 15 is 0 Å². The molecule has 1 heterocycles. The highest BCUT2D eigenvalue weighted by Gasteiger charge is 2.11. The van der Waals surface area contributed by atoms with Gasteiger partial charge in [-0.15, -0.1) is 0 Å². The van der Waals surface area contributed by atoms with Crippen molar-refractivity contribution in [3.63, 3.8) is 0 Å². The monoisotopic (exact) mass is 388 g/mol. The first-order valence-electron chi connectivity index (χ1n) is 5.27. The topological polar surface area (TPSA) is 77.5 Å². The molecule has 0 aliphatic heterocycles. The summed E-state index contributed by atoms with van der Waals surface area (Å²) in [7, 11) is 0. The molecule has 2 rings (SSSR count). The summed E-state index contributed by atoms with van der Waals surface area (Å²) in [4.78, 5) is 11.3. The van der Waals surface area contributed by atoms with Gasteiger partial charge in [-0.25, -0.2) is 5.84 Å². The van der Waals surface area contributed by atoms with Crippen LogP contribution >= 0.6 is 31.9 Å². The summed E-state index contributed by atoms with van der Waals surface area (Å²) in [6, 6.07) is 7.20. The van der Waals surface area contributed by atoms with E-state index in [0.29, 0.717) is 17.1 Å². The second kappa shape index (κ2) is 6.23. The third-order valence-corrected chi connectivity index (χ3v) is 3.57. The van der Waals surface area contributed by atoms with Gasteiger partial charge in [0.1, 0.15) is 24.4 Å².